The van der Waals surface area contributed by atoms with Crippen molar-refractivity contribution in [2.24, 2.45) is 0 Å². The summed E-state index contributed by atoms with van der Waals surface area (Å²) < 4.78 is 20.1. The molecule has 1 aromatic carbocycles. The molecule has 0 aliphatic heterocycles. The second-order valence-corrected chi connectivity index (χ2v) is 6.77. The quantitative estimate of drug-likeness (QED) is 0.541. The molecule has 5 heteroatoms. The van der Waals surface area contributed by atoms with Crippen molar-refractivity contribution < 1.29 is 9.13 Å². The van der Waals surface area contributed by atoms with Gasteiger partial charge in [-0.3, -0.25) is 4.79 Å². The van der Waals surface area contributed by atoms with Gasteiger partial charge >= 0.3 is 0 Å². The number of aromatic amines is 1. The zero-order chi connectivity index (χ0) is 19.5. The molecule has 0 saturated carbocycles. The van der Waals surface area contributed by atoms with Crippen molar-refractivity contribution in [2.45, 2.75) is 58.5 Å². The molecule has 1 unspecified atom stereocenters. The SMILES string of the molecule is CCCCCOC(C)CCC/C=C/c1ccc(-c2ccc(=O)[nH]n2)c(F)c1. The van der Waals surface area contributed by atoms with Crippen molar-refractivity contribution in [1.29, 1.82) is 0 Å². The maximum absolute atomic E-state index is 14.3. The first-order valence-corrected chi connectivity index (χ1v) is 9.74. The first kappa shape index (κ1) is 21.0. The molecule has 4 nitrogen and oxygen atoms in total. The highest BCUT2D eigenvalue weighted by Gasteiger charge is 2.07. The monoisotopic (exact) mass is 372 g/mol. The lowest BCUT2D eigenvalue weighted by Gasteiger charge is -2.12. The van der Waals surface area contributed by atoms with Crippen molar-refractivity contribution in [3.63, 3.8) is 0 Å². The van der Waals surface area contributed by atoms with Gasteiger partial charge in [0, 0.05) is 18.2 Å². The van der Waals surface area contributed by atoms with Gasteiger partial charge in [-0.2, -0.15) is 5.10 Å². The smallest absolute Gasteiger partial charge is 0.264 e. The number of allylic oxidation sites excluding steroid dienone is 1. The summed E-state index contributed by atoms with van der Waals surface area (Å²) in [7, 11) is 0. The van der Waals surface area contributed by atoms with Gasteiger partial charge in [-0.25, -0.2) is 9.49 Å². The van der Waals surface area contributed by atoms with Crippen molar-refractivity contribution in [1.82, 2.24) is 10.2 Å². The van der Waals surface area contributed by atoms with E-state index in [1.807, 2.05) is 12.1 Å². The van der Waals surface area contributed by atoms with E-state index in [9.17, 15) is 9.18 Å². The van der Waals surface area contributed by atoms with Crippen molar-refractivity contribution in [3.8, 4) is 11.3 Å². The molecule has 0 aliphatic carbocycles. The number of nitrogens with zero attached hydrogens (tertiary/aromatic N) is 1. The average molecular weight is 372 g/mol. The van der Waals surface area contributed by atoms with Crippen LogP contribution >= 0.6 is 0 Å². The van der Waals surface area contributed by atoms with E-state index >= 15 is 0 Å². The van der Waals surface area contributed by atoms with E-state index in [0.29, 0.717) is 11.3 Å². The van der Waals surface area contributed by atoms with Crippen LogP contribution in [0.25, 0.3) is 17.3 Å². The molecular formula is C22H29FN2O2. The summed E-state index contributed by atoms with van der Waals surface area (Å²) in [5, 5.41) is 6.19. The fourth-order valence-electron chi connectivity index (χ4n) is 2.80. The third-order valence-electron chi connectivity index (χ3n) is 4.39. The lowest BCUT2D eigenvalue weighted by molar-refractivity contribution is 0.0566. The number of benzene rings is 1. The zero-order valence-electron chi connectivity index (χ0n) is 16.2. The highest BCUT2D eigenvalue weighted by atomic mass is 19.1. The summed E-state index contributed by atoms with van der Waals surface area (Å²) >= 11 is 0. The van der Waals surface area contributed by atoms with Crippen molar-refractivity contribution in [2.75, 3.05) is 6.61 Å². The van der Waals surface area contributed by atoms with Crippen LogP contribution in [0.5, 0.6) is 0 Å². The fourth-order valence-corrected chi connectivity index (χ4v) is 2.80. The molecule has 2 rings (SSSR count). The topological polar surface area (TPSA) is 55.0 Å². The number of rotatable bonds is 11. The Labute approximate surface area is 160 Å². The summed E-state index contributed by atoms with van der Waals surface area (Å²) in [6.45, 7) is 5.16. The Kier molecular flexibility index (Phi) is 8.92. The lowest BCUT2D eigenvalue weighted by atomic mass is 10.1. The van der Waals surface area contributed by atoms with Gasteiger partial charge in [0.1, 0.15) is 5.82 Å². The molecule has 0 radical (unpaired) electrons. The lowest BCUT2D eigenvalue weighted by Crippen LogP contribution is -2.08. The highest BCUT2D eigenvalue weighted by molar-refractivity contribution is 5.62. The van der Waals surface area contributed by atoms with Gasteiger partial charge in [-0.15, -0.1) is 0 Å². The summed E-state index contributed by atoms with van der Waals surface area (Å²) in [6, 6.07) is 7.86. The van der Waals surface area contributed by atoms with Crippen LogP contribution in [-0.2, 0) is 4.74 Å². The minimum atomic E-state index is -0.356. The summed E-state index contributed by atoms with van der Waals surface area (Å²) in [5.74, 6) is -0.356. The Bertz CT molecular complexity index is 766. The van der Waals surface area contributed by atoms with Crippen molar-refractivity contribution >= 4 is 6.08 Å². The number of hydrogen-bond acceptors (Lipinski definition) is 3. The first-order chi connectivity index (χ1) is 13.1. The molecule has 0 amide bonds. The molecule has 27 heavy (non-hydrogen) atoms. The predicted octanol–water partition coefficient (Wildman–Crippen LogP) is 5.35. The predicted molar refractivity (Wildman–Crippen MR) is 108 cm³/mol. The zero-order valence-corrected chi connectivity index (χ0v) is 16.2. The molecule has 1 N–H and O–H groups in total. The maximum atomic E-state index is 14.3. The van der Waals surface area contributed by atoms with Gasteiger partial charge < -0.3 is 4.74 Å². The van der Waals surface area contributed by atoms with Crippen LogP contribution in [0, 0.1) is 5.82 Å². The number of aromatic nitrogens is 2. The van der Waals surface area contributed by atoms with Gasteiger partial charge in [0.25, 0.3) is 5.56 Å². The molecule has 2 aromatic rings. The van der Waals surface area contributed by atoms with E-state index in [1.165, 1.54) is 31.0 Å². The van der Waals surface area contributed by atoms with E-state index in [4.69, 9.17) is 4.74 Å². The Balaban J connectivity index is 1.78. The van der Waals surface area contributed by atoms with Crippen LogP contribution < -0.4 is 5.56 Å². The number of H-pyrrole nitrogens is 1. The van der Waals surface area contributed by atoms with E-state index in [2.05, 4.69) is 30.1 Å². The Hall–Kier alpha value is -2.27. The van der Waals surface area contributed by atoms with Crippen LogP contribution in [0.3, 0.4) is 0 Å². The number of halogens is 1. The van der Waals surface area contributed by atoms with Gasteiger partial charge in [0.05, 0.1) is 11.8 Å². The molecule has 0 aliphatic rings. The first-order valence-electron chi connectivity index (χ1n) is 9.74. The van der Waals surface area contributed by atoms with Crippen LogP contribution in [0.1, 0.15) is 57.9 Å². The fraction of sp³-hybridized carbons (Fsp3) is 0.455. The van der Waals surface area contributed by atoms with Gasteiger partial charge in [-0.1, -0.05) is 38.0 Å². The van der Waals surface area contributed by atoms with E-state index in [1.54, 1.807) is 6.07 Å². The number of hydrogen-bond donors (Lipinski definition) is 1. The van der Waals surface area contributed by atoms with Crippen LogP contribution in [0.4, 0.5) is 4.39 Å². The van der Waals surface area contributed by atoms with Crippen LogP contribution in [0.15, 0.2) is 41.2 Å². The highest BCUT2D eigenvalue weighted by Crippen LogP contribution is 2.21. The molecule has 0 saturated heterocycles. The molecule has 0 bridgehead atoms. The molecule has 0 fully saturated rings. The minimum absolute atomic E-state index is 0.289. The van der Waals surface area contributed by atoms with Crippen LogP contribution in [0.2, 0.25) is 0 Å². The third kappa shape index (κ3) is 7.47. The van der Waals surface area contributed by atoms with Crippen molar-refractivity contribution in [3.05, 3.63) is 58.1 Å². The third-order valence-corrected chi connectivity index (χ3v) is 4.39. The normalized spacial score (nSPS) is 12.6. The van der Waals surface area contributed by atoms with E-state index in [-0.39, 0.29) is 17.5 Å². The van der Waals surface area contributed by atoms with Gasteiger partial charge in [-0.05, 0) is 56.4 Å². The van der Waals surface area contributed by atoms with Gasteiger partial charge in [0.2, 0.25) is 0 Å². The Morgan fingerprint density at radius 1 is 1.22 bits per heavy atom. The summed E-state index contributed by atoms with van der Waals surface area (Å²) in [6.07, 6.45) is 10.9. The second-order valence-electron chi connectivity index (χ2n) is 6.77. The summed E-state index contributed by atoms with van der Waals surface area (Å²) in [5.41, 5.74) is 1.29. The Morgan fingerprint density at radius 3 is 2.78 bits per heavy atom. The number of ether oxygens (including phenoxy) is 1. The van der Waals surface area contributed by atoms with Crippen LogP contribution in [-0.4, -0.2) is 22.9 Å². The maximum Gasteiger partial charge on any atom is 0.264 e. The van der Waals surface area contributed by atoms with E-state index < -0.39 is 0 Å². The number of nitrogens with one attached hydrogen (secondary N) is 1. The molecule has 0 spiro atoms. The second kappa shape index (κ2) is 11.4. The molecule has 146 valence electrons. The molecule has 1 heterocycles. The Morgan fingerprint density at radius 2 is 2.07 bits per heavy atom. The van der Waals surface area contributed by atoms with Gasteiger partial charge in [0.15, 0.2) is 0 Å². The number of unbranched alkanes of at least 4 members (excludes halogenated alkanes) is 3. The molecular weight excluding hydrogens is 343 g/mol. The summed E-state index contributed by atoms with van der Waals surface area (Å²) in [4.78, 5) is 11.1. The molecule has 1 aromatic heterocycles. The van der Waals surface area contributed by atoms with E-state index in [0.717, 1.165) is 37.9 Å². The standard InChI is InChI=1S/C22H29FN2O2/c1-3-4-8-15-27-17(2)9-6-5-7-10-18-11-12-19(20(23)16-18)21-13-14-22(26)25-24-21/h7,10-14,16-17H,3-6,8-9,15H2,1-2H3,(H,25,26)/b10-7+. The largest absolute Gasteiger partial charge is 0.379 e. The minimum Gasteiger partial charge on any atom is -0.379 e. The molecule has 1 atom stereocenters. The average Bonchev–Trinajstić information content (AvgIpc) is 2.66.